The smallest absolute Gasteiger partial charge is 0.338 e. The summed E-state index contributed by atoms with van der Waals surface area (Å²) >= 11 is 0. The van der Waals surface area contributed by atoms with E-state index >= 15 is 0 Å². The van der Waals surface area contributed by atoms with E-state index in [4.69, 9.17) is 4.74 Å². The molecule has 0 N–H and O–H groups in total. The zero-order chi connectivity index (χ0) is 17.3. The van der Waals surface area contributed by atoms with E-state index in [1.807, 2.05) is 0 Å². The number of esters is 1. The van der Waals surface area contributed by atoms with Crippen molar-refractivity contribution in [2.24, 2.45) is 0 Å². The lowest BCUT2D eigenvalue weighted by molar-refractivity contribution is 0.0233. The molecule has 0 aliphatic carbocycles. The minimum Gasteiger partial charge on any atom is -0.451 e. The van der Waals surface area contributed by atoms with Gasteiger partial charge < -0.3 is 4.74 Å². The summed E-state index contributed by atoms with van der Waals surface area (Å²) in [5.74, 6) is -1.28. The van der Waals surface area contributed by atoms with Gasteiger partial charge in [0.05, 0.1) is 16.6 Å². The van der Waals surface area contributed by atoms with E-state index in [1.54, 1.807) is 18.2 Å². The maximum atomic E-state index is 13.4. The molecular formula is C17H13F3N2O2. The van der Waals surface area contributed by atoms with Crippen LogP contribution in [0.3, 0.4) is 0 Å². The van der Waals surface area contributed by atoms with Crippen LogP contribution in [0.4, 0.5) is 13.2 Å². The molecule has 24 heavy (non-hydrogen) atoms. The highest BCUT2D eigenvalue weighted by molar-refractivity contribution is 5.89. The van der Waals surface area contributed by atoms with Gasteiger partial charge in [-0.2, -0.15) is 8.78 Å². The van der Waals surface area contributed by atoms with Crippen LogP contribution in [0.25, 0.3) is 11.0 Å². The number of benzene rings is 2. The van der Waals surface area contributed by atoms with Gasteiger partial charge in [0.25, 0.3) is 0 Å². The Morgan fingerprint density at radius 1 is 1.12 bits per heavy atom. The van der Waals surface area contributed by atoms with Crippen LogP contribution >= 0.6 is 0 Å². The number of para-hydroxylation sites is 2. The molecule has 0 spiro atoms. The molecule has 0 aliphatic rings. The Morgan fingerprint density at radius 2 is 1.79 bits per heavy atom. The number of imidazole rings is 1. The van der Waals surface area contributed by atoms with Crippen molar-refractivity contribution >= 4 is 17.0 Å². The molecule has 1 unspecified atom stereocenters. The molecule has 3 rings (SSSR count). The summed E-state index contributed by atoms with van der Waals surface area (Å²) in [6.45, 7) is -1.36. The van der Waals surface area contributed by atoms with Gasteiger partial charge in [-0.05, 0) is 43.3 Å². The largest absolute Gasteiger partial charge is 0.451 e. The molecule has 2 aromatic carbocycles. The number of aromatic nitrogens is 2. The molecule has 0 saturated carbocycles. The van der Waals surface area contributed by atoms with Crippen LogP contribution in [0.1, 0.15) is 35.8 Å². The maximum absolute atomic E-state index is 13.4. The summed E-state index contributed by atoms with van der Waals surface area (Å²) in [6, 6.07) is 11.2. The van der Waals surface area contributed by atoms with Crippen LogP contribution < -0.4 is 0 Å². The summed E-state index contributed by atoms with van der Waals surface area (Å²) in [6.07, 6.45) is -0.996. The molecule has 0 radical (unpaired) electrons. The van der Waals surface area contributed by atoms with Crippen molar-refractivity contribution < 1.29 is 22.7 Å². The summed E-state index contributed by atoms with van der Waals surface area (Å²) in [4.78, 5) is 16.2. The van der Waals surface area contributed by atoms with Gasteiger partial charge in [0.1, 0.15) is 5.82 Å². The highest BCUT2D eigenvalue weighted by Gasteiger charge is 2.24. The third-order valence-electron chi connectivity index (χ3n) is 3.55. The number of alkyl halides is 2. The van der Waals surface area contributed by atoms with E-state index in [-0.39, 0.29) is 16.9 Å². The molecule has 0 fully saturated rings. The number of fused-ring (bicyclic) bond motifs is 1. The van der Waals surface area contributed by atoms with Crippen LogP contribution in [-0.4, -0.2) is 15.5 Å². The highest BCUT2D eigenvalue weighted by atomic mass is 19.3. The minimum atomic E-state index is -2.82. The predicted molar refractivity (Wildman–Crippen MR) is 81.2 cm³/mol. The quantitative estimate of drug-likeness (QED) is 0.660. The second-order valence-electron chi connectivity index (χ2n) is 5.16. The fraction of sp³-hybridized carbons (Fsp3) is 0.176. The third-order valence-corrected chi connectivity index (χ3v) is 3.55. The fourth-order valence-electron chi connectivity index (χ4n) is 2.42. The number of halogens is 3. The Morgan fingerprint density at radius 3 is 2.46 bits per heavy atom. The maximum Gasteiger partial charge on any atom is 0.338 e. The van der Waals surface area contributed by atoms with Crippen molar-refractivity contribution in [1.82, 2.24) is 9.55 Å². The molecule has 0 amide bonds. The van der Waals surface area contributed by atoms with Gasteiger partial charge in [-0.25, -0.2) is 14.2 Å². The average Bonchev–Trinajstić information content (AvgIpc) is 2.95. The third kappa shape index (κ3) is 2.97. The average molecular weight is 334 g/mol. The highest BCUT2D eigenvalue weighted by Crippen LogP contribution is 2.28. The van der Waals surface area contributed by atoms with Crippen molar-refractivity contribution in [1.29, 1.82) is 0 Å². The van der Waals surface area contributed by atoms with Crippen LogP contribution in [0.15, 0.2) is 48.5 Å². The number of nitrogens with zero attached hydrogens (tertiary/aromatic N) is 2. The Balaban J connectivity index is 1.91. The number of hydrogen-bond acceptors (Lipinski definition) is 3. The molecule has 1 atom stereocenters. The molecule has 0 bridgehead atoms. The fourth-order valence-corrected chi connectivity index (χ4v) is 2.42. The number of rotatable bonds is 4. The first-order valence-electron chi connectivity index (χ1n) is 7.19. The van der Waals surface area contributed by atoms with Gasteiger partial charge in [0.15, 0.2) is 11.9 Å². The van der Waals surface area contributed by atoms with Gasteiger partial charge in [-0.1, -0.05) is 12.1 Å². The first kappa shape index (κ1) is 16.0. The number of carbonyl (C=O) groups is 1. The molecular weight excluding hydrogens is 321 g/mol. The number of hydrogen-bond donors (Lipinski definition) is 0. The van der Waals surface area contributed by atoms with E-state index in [0.717, 1.165) is 16.7 Å². The Hall–Kier alpha value is -2.83. The number of ether oxygens (including phenoxy) is 1. The summed E-state index contributed by atoms with van der Waals surface area (Å²) in [5, 5.41) is 0. The normalized spacial score (nSPS) is 12.5. The topological polar surface area (TPSA) is 44.1 Å². The van der Waals surface area contributed by atoms with Gasteiger partial charge >= 0.3 is 12.5 Å². The van der Waals surface area contributed by atoms with Crippen molar-refractivity contribution in [3.8, 4) is 0 Å². The van der Waals surface area contributed by atoms with E-state index in [0.29, 0.717) is 5.52 Å². The predicted octanol–water partition coefficient (Wildman–Crippen LogP) is 4.49. The monoisotopic (exact) mass is 334 g/mol. The molecule has 124 valence electrons. The molecule has 3 aromatic rings. The van der Waals surface area contributed by atoms with Gasteiger partial charge in [-0.3, -0.25) is 4.57 Å². The molecule has 7 heteroatoms. The lowest BCUT2D eigenvalue weighted by Gasteiger charge is -2.15. The Bertz CT molecular complexity index is 875. The standard InChI is InChI=1S/C17H13F3N2O2/c1-10(24-16(23)11-6-8-12(18)9-7-11)15-21-13-4-2-3-5-14(13)22(15)17(19)20/h2-10,17H,1H3. The van der Waals surface area contributed by atoms with Crippen LogP contribution in [0.5, 0.6) is 0 Å². The van der Waals surface area contributed by atoms with Crippen LogP contribution in [-0.2, 0) is 4.74 Å². The van der Waals surface area contributed by atoms with Gasteiger partial charge in [0.2, 0.25) is 0 Å². The van der Waals surface area contributed by atoms with E-state index in [9.17, 15) is 18.0 Å². The van der Waals surface area contributed by atoms with Crippen molar-refractivity contribution in [3.05, 3.63) is 65.7 Å². The zero-order valence-electron chi connectivity index (χ0n) is 12.6. The van der Waals surface area contributed by atoms with Gasteiger partial charge in [0, 0.05) is 0 Å². The summed E-state index contributed by atoms with van der Waals surface area (Å²) in [5.41, 5.74) is 0.771. The van der Waals surface area contributed by atoms with Crippen molar-refractivity contribution in [2.75, 3.05) is 0 Å². The van der Waals surface area contributed by atoms with Crippen LogP contribution in [0, 0.1) is 5.82 Å². The second kappa shape index (κ2) is 6.35. The minimum absolute atomic E-state index is 0.0540. The van der Waals surface area contributed by atoms with Crippen molar-refractivity contribution in [2.45, 2.75) is 19.6 Å². The van der Waals surface area contributed by atoms with Crippen molar-refractivity contribution in [3.63, 3.8) is 0 Å². The van der Waals surface area contributed by atoms with Gasteiger partial charge in [-0.15, -0.1) is 0 Å². The molecule has 1 aromatic heterocycles. The number of carbonyl (C=O) groups excluding carboxylic acids is 1. The van der Waals surface area contributed by atoms with E-state index < -0.39 is 24.4 Å². The van der Waals surface area contributed by atoms with Crippen LogP contribution in [0.2, 0.25) is 0 Å². The first-order chi connectivity index (χ1) is 11.5. The lowest BCUT2D eigenvalue weighted by Crippen LogP contribution is -2.14. The first-order valence-corrected chi connectivity index (χ1v) is 7.19. The van der Waals surface area contributed by atoms with E-state index in [2.05, 4.69) is 4.98 Å². The SMILES string of the molecule is CC(OC(=O)c1ccc(F)cc1)c1nc2ccccc2n1C(F)F. The van der Waals surface area contributed by atoms with E-state index in [1.165, 1.54) is 25.1 Å². The summed E-state index contributed by atoms with van der Waals surface area (Å²) in [7, 11) is 0. The lowest BCUT2D eigenvalue weighted by atomic mass is 10.2. The zero-order valence-corrected chi connectivity index (χ0v) is 12.6. The Kier molecular flexibility index (Phi) is 4.24. The molecule has 1 heterocycles. The molecule has 0 saturated heterocycles. The summed E-state index contributed by atoms with van der Waals surface area (Å²) < 4.78 is 45.6. The second-order valence-corrected chi connectivity index (χ2v) is 5.16. The Labute approximate surface area is 135 Å². The molecule has 0 aliphatic heterocycles. The molecule has 4 nitrogen and oxygen atoms in total.